The number of nitrogens with one attached hydrogen (secondary N) is 2. The number of aryl methyl sites for hydroxylation is 1. The van der Waals surface area contributed by atoms with E-state index in [2.05, 4.69) is 31.0 Å². The number of hydrogen-bond acceptors (Lipinski definition) is 9. The quantitative estimate of drug-likeness (QED) is 0.292. The van der Waals surface area contributed by atoms with Crippen LogP contribution in [0.15, 0.2) is 53.7 Å². The topological polar surface area (TPSA) is 124 Å². The molecule has 0 fully saturated rings. The third kappa shape index (κ3) is 6.47. The summed E-state index contributed by atoms with van der Waals surface area (Å²) in [5.41, 5.74) is -0.472. The first-order valence-corrected chi connectivity index (χ1v) is 12.7. The van der Waals surface area contributed by atoms with Crippen LogP contribution in [0.1, 0.15) is 26.8 Å². The molecule has 38 heavy (non-hydrogen) atoms. The highest BCUT2D eigenvalue weighted by Gasteiger charge is 2.31. The number of carbonyl (C=O) groups is 2. The Labute approximate surface area is 222 Å². The number of carbonyl (C=O) groups excluding carboxylic acids is 2. The summed E-state index contributed by atoms with van der Waals surface area (Å²) in [6.45, 7) is 1.59. The van der Waals surface area contributed by atoms with Crippen LogP contribution in [0, 0.1) is 6.92 Å². The number of halogens is 3. The monoisotopic (exact) mass is 563 g/mol. The highest BCUT2D eigenvalue weighted by atomic mass is 32.2. The minimum absolute atomic E-state index is 0.119. The summed E-state index contributed by atoms with van der Waals surface area (Å²) in [5, 5.41) is 22.3. The minimum atomic E-state index is -4.57. The number of nitrogens with zero attached hydrogens (tertiary/aromatic N) is 5. The van der Waals surface area contributed by atoms with Gasteiger partial charge >= 0.3 is 6.18 Å². The smallest absolute Gasteiger partial charge is 0.416 e. The first kappa shape index (κ1) is 27.1. The lowest BCUT2D eigenvalue weighted by atomic mass is 10.2. The first-order chi connectivity index (χ1) is 18.2. The van der Waals surface area contributed by atoms with Crippen molar-refractivity contribution in [3.8, 4) is 11.4 Å². The molecule has 0 saturated heterocycles. The van der Waals surface area contributed by atoms with E-state index in [4.69, 9.17) is 4.74 Å². The fraction of sp³-hybridized carbons (Fsp3) is 0.217. The van der Waals surface area contributed by atoms with Gasteiger partial charge in [-0.2, -0.15) is 13.2 Å². The van der Waals surface area contributed by atoms with Gasteiger partial charge in [-0.3, -0.25) is 19.5 Å². The highest BCUT2D eigenvalue weighted by molar-refractivity contribution is 7.99. The van der Waals surface area contributed by atoms with E-state index >= 15 is 0 Å². The number of hydrogen-bond donors (Lipinski definition) is 2. The van der Waals surface area contributed by atoms with Crippen LogP contribution in [-0.4, -0.2) is 49.6 Å². The Kier molecular flexibility index (Phi) is 8.26. The molecular weight excluding hydrogens is 543 g/mol. The molecule has 0 bridgehead atoms. The van der Waals surface area contributed by atoms with Crippen molar-refractivity contribution in [1.29, 1.82) is 0 Å². The molecule has 10 nitrogen and oxygen atoms in total. The standard InChI is InChI=1S/C23H20F3N7O3S2/c1-13-29-31-21(38-13)28-19(34)12-37-22-32-30-18(11-27-20(35)16-8-3-4-9-17(16)36-2)33(22)15-7-5-6-14(10-15)23(24,25)26/h3-10H,11-12H2,1-2H3,(H,27,35)(H,28,31,34). The Morgan fingerprint density at radius 1 is 1.08 bits per heavy atom. The number of thioether (sulfide) groups is 1. The van der Waals surface area contributed by atoms with Crippen molar-refractivity contribution < 1.29 is 27.5 Å². The Morgan fingerprint density at radius 2 is 1.87 bits per heavy atom. The number of amides is 2. The van der Waals surface area contributed by atoms with Gasteiger partial charge in [-0.1, -0.05) is 41.3 Å². The summed E-state index contributed by atoms with van der Waals surface area (Å²) in [6, 6.07) is 11.2. The normalized spacial score (nSPS) is 11.3. The largest absolute Gasteiger partial charge is 0.496 e. The van der Waals surface area contributed by atoms with Gasteiger partial charge in [0, 0.05) is 0 Å². The van der Waals surface area contributed by atoms with Crippen LogP contribution in [0.25, 0.3) is 5.69 Å². The number of aromatic nitrogens is 5. The molecule has 0 aliphatic rings. The molecule has 0 aliphatic heterocycles. The molecule has 2 aromatic carbocycles. The van der Waals surface area contributed by atoms with Gasteiger partial charge in [0.25, 0.3) is 5.91 Å². The Bertz CT molecular complexity index is 1460. The lowest BCUT2D eigenvalue weighted by molar-refractivity contribution is -0.137. The summed E-state index contributed by atoms with van der Waals surface area (Å²) in [7, 11) is 1.43. The Morgan fingerprint density at radius 3 is 2.58 bits per heavy atom. The number of anilines is 1. The second-order valence-corrected chi connectivity index (χ2v) is 9.75. The van der Waals surface area contributed by atoms with Crippen LogP contribution >= 0.6 is 23.1 Å². The maximum absolute atomic E-state index is 13.4. The molecule has 0 unspecified atom stereocenters. The number of ether oxygens (including phenoxy) is 1. The molecule has 2 amide bonds. The van der Waals surface area contributed by atoms with Gasteiger partial charge in [-0.15, -0.1) is 20.4 Å². The fourth-order valence-electron chi connectivity index (χ4n) is 3.31. The van der Waals surface area contributed by atoms with Gasteiger partial charge in [-0.05, 0) is 37.3 Å². The molecule has 2 N–H and O–H groups in total. The van der Waals surface area contributed by atoms with Crippen molar-refractivity contribution in [2.24, 2.45) is 0 Å². The maximum atomic E-state index is 13.4. The average molecular weight is 564 g/mol. The van der Waals surface area contributed by atoms with Gasteiger partial charge in [0.05, 0.1) is 36.2 Å². The molecule has 4 rings (SSSR count). The third-order valence-electron chi connectivity index (χ3n) is 5.00. The number of methoxy groups -OCH3 is 1. The molecule has 2 aromatic heterocycles. The van der Waals surface area contributed by atoms with Crippen LogP contribution < -0.4 is 15.4 Å². The fourth-order valence-corrected chi connectivity index (χ4v) is 4.69. The Balaban J connectivity index is 1.58. The van der Waals surface area contributed by atoms with E-state index in [-0.39, 0.29) is 34.5 Å². The molecule has 2 heterocycles. The van der Waals surface area contributed by atoms with E-state index in [1.54, 1.807) is 31.2 Å². The van der Waals surface area contributed by atoms with Gasteiger partial charge in [-0.25, -0.2) is 0 Å². The summed E-state index contributed by atoms with van der Waals surface area (Å²) >= 11 is 2.17. The molecule has 198 valence electrons. The Hall–Kier alpha value is -3.98. The van der Waals surface area contributed by atoms with Crippen LogP contribution in [-0.2, 0) is 17.5 Å². The van der Waals surface area contributed by atoms with Crippen molar-refractivity contribution in [2.45, 2.75) is 24.8 Å². The molecular formula is C23H20F3N7O3S2. The summed E-state index contributed by atoms with van der Waals surface area (Å²) in [4.78, 5) is 25.2. The van der Waals surface area contributed by atoms with Gasteiger partial charge in [0.1, 0.15) is 10.8 Å². The van der Waals surface area contributed by atoms with Gasteiger partial charge in [0.15, 0.2) is 11.0 Å². The van der Waals surface area contributed by atoms with Gasteiger partial charge < -0.3 is 10.1 Å². The lowest BCUT2D eigenvalue weighted by Gasteiger charge is -2.14. The predicted molar refractivity (Wildman–Crippen MR) is 135 cm³/mol. The van der Waals surface area contributed by atoms with Crippen LogP contribution in [0.5, 0.6) is 5.75 Å². The van der Waals surface area contributed by atoms with E-state index in [1.807, 2.05) is 0 Å². The van der Waals surface area contributed by atoms with Gasteiger partial charge in [0.2, 0.25) is 11.0 Å². The summed E-state index contributed by atoms with van der Waals surface area (Å²) < 4.78 is 46.8. The van der Waals surface area contributed by atoms with E-state index in [0.717, 1.165) is 23.9 Å². The number of alkyl halides is 3. The maximum Gasteiger partial charge on any atom is 0.416 e. The van der Waals surface area contributed by atoms with Crippen molar-refractivity contribution in [3.05, 3.63) is 70.5 Å². The molecule has 0 spiro atoms. The van der Waals surface area contributed by atoms with Crippen LogP contribution in [0.3, 0.4) is 0 Å². The molecule has 0 aliphatic carbocycles. The summed E-state index contributed by atoms with van der Waals surface area (Å²) in [5.74, 6) is -0.478. The molecule has 15 heteroatoms. The number of benzene rings is 2. The van der Waals surface area contributed by atoms with E-state index in [0.29, 0.717) is 15.9 Å². The second-order valence-electron chi connectivity index (χ2n) is 7.63. The van der Waals surface area contributed by atoms with Crippen molar-refractivity contribution in [2.75, 3.05) is 18.2 Å². The van der Waals surface area contributed by atoms with Crippen LogP contribution in [0.4, 0.5) is 18.3 Å². The molecule has 0 saturated carbocycles. The SMILES string of the molecule is COc1ccccc1C(=O)NCc1nnc(SCC(=O)Nc2nnc(C)s2)n1-c1cccc(C(F)(F)F)c1. The zero-order valence-electron chi connectivity index (χ0n) is 19.9. The van der Waals surface area contributed by atoms with E-state index in [1.165, 1.54) is 35.1 Å². The zero-order valence-corrected chi connectivity index (χ0v) is 21.6. The molecule has 0 radical (unpaired) electrons. The predicted octanol–water partition coefficient (Wildman–Crippen LogP) is 4.12. The number of para-hydroxylation sites is 1. The third-order valence-corrected chi connectivity index (χ3v) is 6.68. The van der Waals surface area contributed by atoms with Crippen LogP contribution in [0.2, 0.25) is 0 Å². The first-order valence-electron chi connectivity index (χ1n) is 10.9. The summed E-state index contributed by atoms with van der Waals surface area (Å²) in [6.07, 6.45) is -4.57. The van der Waals surface area contributed by atoms with E-state index in [9.17, 15) is 22.8 Å². The highest BCUT2D eigenvalue weighted by Crippen LogP contribution is 2.32. The molecule has 4 aromatic rings. The van der Waals surface area contributed by atoms with Crippen molar-refractivity contribution >= 4 is 40.0 Å². The zero-order chi connectivity index (χ0) is 27.3. The number of rotatable bonds is 9. The van der Waals surface area contributed by atoms with Crippen molar-refractivity contribution in [1.82, 2.24) is 30.3 Å². The molecule has 0 atom stereocenters. The van der Waals surface area contributed by atoms with E-state index < -0.39 is 23.6 Å². The second kappa shape index (κ2) is 11.6. The lowest BCUT2D eigenvalue weighted by Crippen LogP contribution is -2.25. The minimum Gasteiger partial charge on any atom is -0.496 e. The average Bonchev–Trinajstić information content (AvgIpc) is 3.50. The van der Waals surface area contributed by atoms with Crippen molar-refractivity contribution in [3.63, 3.8) is 0 Å².